The molecule has 3 atom stereocenters. The lowest BCUT2D eigenvalue weighted by molar-refractivity contribution is -0.208. The number of aliphatic hydroxyl groups is 1. The molecule has 2 aliphatic rings. The predicted molar refractivity (Wildman–Crippen MR) is 80.6 cm³/mol. The number of hydrogen-bond acceptors (Lipinski definition) is 7. The fourth-order valence-corrected chi connectivity index (χ4v) is 3.63. The third kappa shape index (κ3) is 1.86. The van der Waals surface area contributed by atoms with Crippen molar-refractivity contribution in [2.24, 2.45) is 0 Å². The minimum absolute atomic E-state index is 0.167. The van der Waals surface area contributed by atoms with Crippen LogP contribution in [0.4, 0.5) is 5.82 Å². The van der Waals surface area contributed by atoms with Gasteiger partial charge in [-0.05, 0) is 32.9 Å². The van der Waals surface area contributed by atoms with Crippen LogP contribution in [0.25, 0.3) is 5.52 Å². The van der Waals surface area contributed by atoms with E-state index >= 15 is 0 Å². The van der Waals surface area contributed by atoms with Crippen LogP contribution in [0.5, 0.6) is 0 Å². The van der Waals surface area contributed by atoms with Crippen LogP contribution < -0.4 is 5.73 Å². The first-order valence-corrected chi connectivity index (χ1v) is 7.53. The van der Waals surface area contributed by atoms with Crippen molar-refractivity contribution < 1.29 is 19.3 Å². The van der Waals surface area contributed by atoms with Crippen LogP contribution in [0.3, 0.4) is 0 Å². The fraction of sp³-hybridized carbons (Fsp3) is 0.600. The summed E-state index contributed by atoms with van der Waals surface area (Å²) in [5.41, 5.74) is 5.67. The molecule has 0 aliphatic carbocycles. The first-order valence-electron chi connectivity index (χ1n) is 7.53. The number of aliphatic hydroxyl groups excluding tert-OH is 1. The highest BCUT2D eigenvalue weighted by atomic mass is 16.8. The summed E-state index contributed by atoms with van der Waals surface area (Å²) in [6, 6.07) is 3.74. The first-order chi connectivity index (χ1) is 10.8. The maximum Gasteiger partial charge on any atom is 0.165 e. The van der Waals surface area contributed by atoms with Gasteiger partial charge in [0.1, 0.15) is 23.5 Å². The molecule has 2 aromatic rings. The molecule has 0 bridgehead atoms. The van der Waals surface area contributed by atoms with Crippen molar-refractivity contribution in [3.05, 3.63) is 24.2 Å². The third-order valence-corrected chi connectivity index (χ3v) is 4.65. The van der Waals surface area contributed by atoms with E-state index in [1.54, 1.807) is 4.52 Å². The molecule has 0 radical (unpaired) electrons. The second-order valence-corrected chi connectivity index (χ2v) is 6.81. The number of aromatic nitrogens is 3. The Morgan fingerprint density at radius 1 is 1.39 bits per heavy atom. The Balaban J connectivity index is 1.92. The van der Waals surface area contributed by atoms with E-state index in [1.807, 2.05) is 32.9 Å². The van der Waals surface area contributed by atoms with E-state index in [2.05, 4.69) is 10.1 Å². The molecule has 0 amide bonds. The van der Waals surface area contributed by atoms with E-state index in [4.69, 9.17) is 19.9 Å². The van der Waals surface area contributed by atoms with Crippen LogP contribution in [0, 0.1) is 0 Å². The first kappa shape index (κ1) is 14.8. The molecule has 8 heteroatoms. The highest BCUT2D eigenvalue weighted by Crippen LogP contribution is 2.53. The van der Waals surface area contributed by atoms with Gasteiger partial charge in [-0.2, -0.15) is 5.10 Å². The zero-order chi connectivity index (χ0) is 16.5. The molecule has 8 nitrogen and oxygen atoms in total. The Labute approximate surface area is 133 Å². The average molecular weight is 320 g/mol. The van der Waals surface area contributed by atoms with Crippen molar-refractivity contribution in [3.8, 4) is 0 Å². The highest BCUT2D eigenvalue weighted by Gasteiger charge is 2.67. The van der Waals surface area contributed by atoms with Crippen LogP contribution in [0.2, 0.25) is 0 Å². The third-order valence-electron chi connectivity index (χ3n) is 4.65. The van der Waals surface area contributed by atoms with E-state index in [9.17, 15) is 5.11 Å². The second-order valence-electron chi connectivity index (χ2n) is 6.81. The van der Waals surface area contributed by atoms with Gasteiger partial charge in [0.05, 0.1) is 18.9 Å². The Kier molecular flexibility index (Phi) is 2.85. The van der Waals surface area contributed by atoms with Crippen molar-refractivity contribution in [2.45, 2.75) is 43.9 Å². The normalized spacial score (nSPS) is 35.7. The largest absolute Gasteiger partial charge is 0.393 e. The molecule has 2 aromatic heterocycles. The van der Waals surface area contributed by atoms with Crippen LogP contribution in [0.15, 0.2) is 18.5 Å². The molecule has 1 unspecified atom stereocenters. The summed E-state index contributed by atoms with van der Waals surface area (Å²) in [5, 5.41) is 14.1. The van der Waals surface area contributed by atoms with Crippen LogP contribution in [-0.4, -0.2) is 50.4 Å². The maximum absolute atomic E-state index is 9.80. The van der Waals surface area contributed by atoms with E-state index in [-0.39, 0.29) is 13.2 Å². The van der Waals surface area contributed by atoms with Crippen molar-refractivity contribution in [3.63, 3.8) is 0 Å². The lowest BCUT2D eigenvalue weighted by Crippen LogP contribution is -2.47. The molecule has 4 rings (SSSR count). The van der Waals surface area contributed by atoms with Gasteiger partial charge in [-0.1, -0.05) is 0 Å². The Bertz CT molecular complexity index is 776. The van der Waals surface area contributed by atoms with Crippen molar-refractivity contribution in [2.75, 3.05) is 18.9 Å². The summed E-state index contributed by atoms with van der Waals surface area (Å²) in [6.07, 6.45) is 0.934. The summed E-state index contributed by atoms with van der Waals surface area (Å²) in [4.78, 5) is 4.01. The molecule has 3 N–H and O–H groups in total. The van der Waals surface area contributed by atoms with Crippen molar-refractivity contribution >= 4 is 11.3 Å². The molecule has 124 valence electrons. The smallest absolute Gasteiger partial charge is 0.165 e. The Morgan fingerprint density at radius 2 is 2.17 bits per heavy atom. The number of ether oxygens (including phenoxy) is 3. The van der Waals surface area contributed by atoms with E-state index in [0.29, 0.717) is 11.3 Å². The molecular weight excluding hydrogens is 300 g/mol. The number of hydrogen-bond donors (Lipinski definition) is 2. The van der Waals surface area contributed by atoms with Gasteiger partial charge in [0.15, 0.2) is 17.2 Å². The van der Waals surface area contributed by atoms with E-state index in [0.717, 1.165) is 5.69 Å². The number of rotatable bonds is 2. The quantitative estimate of drug-likeness (QED) is 0.827. The van der Waals surface area contributed by atoms with E-state index < -0.39 is 23.1 Å². The maximum atomic E-state index is 9.80. The van der Waals surface area contributed by atoms with Crippen molar-refractivity contribution in [1.29, 1.82) is 0 Å². The standard InChI is InChI=1S/C15H20N4O4/c1-13(2)22-12-14(3,6-20)21-7-15(12,23-13)10-5-4-9-11(16)17-8-18-19(9)10/h4-5,8,12,20H,6-7H2,1-3H3,(H2,16,17,18)/t12-,14-,15?/m1/s1. The number of nitrogen functional groups attached to an aromatic ring is 1. The number of anilines is 1. The summed E-state index contributed by atoms with van der Waals surface area (Å²) in [7, 11) is 0. The molecule has 2 saturated heterocycles. The van der Waals surface area contributed by atoms with Crippen LogP contribution in [0.1, 0.15) is 26.5 Å². The zero-order valence-corrected chi connectivity index (χ0v) is 13.3. The highest BCUT2D eigenvalue weighted by molar-refractivity contribution is 5.65. The summed E-state index contributed by atoms with van der Waals surface area (Å²) < 4.78 is 19.9. The van der Waals surface area contributed by atoms with Gasteiger partial charge in [0.2, 0.25) is 0 Å². The summed E-state index contributed by atoms with van der Waals surface area (Å²) in [5.74, 6) is -0.408. The minimum Gasteiger partial charge on any atom is -0.393 e. The van der Waals surface area contributed by atoms with Gasteiger partial charge >= 0.3 is 0 Å². The van der Waals surface area contributed by atoms with Gasteiger partial charge in [-0.15, -0.1) is 0 Å². The SMILES string of the molecule is CC1(C)O[C@H]2C(c3ccc4c(N)ncnn34)(CO[C@]2(C)CO)O1. The minimum atomic E-state index is -0.867. The van der Waals surface area contributed by atoms with Gasteiger partial charge in [-0.25, -0.2) is 9.50 Å². The lowest BCUT2D eigenvalue weighted by Gasteiger charge is -2.29. The molecule has 4 heterocycles. The molecular formula is C15H20N4O4. The molecule has 2 aliphatic heterocycles. The monoisotopic (exact) mass is 320 g/mol. The molecule has 23 heavy (non-hydrogen) atoms. The molecule has 0 saturated carbocycles. The molecule has 0 aromatic carbocycles. The van der Waals surface area contributed by atoms with Crippen LogP contribution >= 0.6 is 0 Å². The number of nitrogens with zero attached hydrogens (tertiary/aromatic N) is 3. The average Bonchev–Trinajstić information content (AvgIpc) is 3.12. The van der Waals surface area contributed by atoms with Gasteiger partial charge in [0, 0.05) is 0 Å². The number of fused-ring (bicyclic) bond motifs is 2. The van der Waals surface area contributed by atoms with Gasteiger partial charge < -0.3 is 25.1 Å². The predicted octanol–water partition coefficient (Wildman–Crippen LogP) is 0.439. The number of nitrogens with two attached hydrogens (primary N) is 1. The van der Waals surface area contributed by atoms with Gasteiger partial charge in [-0.3, -0.25) is 0 Å². The Morgan fingerprint density at radius 3 is 2.91 bits per heavy atom. The van der Waals surface area contributed by atoms with Crippen LogP contribution in [-0.2, 0) is 19.8 Å². The van der Waals surface area contributed by atoms with E-state index in [1.165, 1.54) is 6.33 Å². The topological polar surface area (TPSA) is 104 Å². The Hall–Kier alpha value is -1.74. The van der Waals surface area contributed by atoms with Gasteiger partial charge in [0.25, 0.3) is 0 Å². The summed E-state index contributed by atoms with van der Waals surface area (Å²) >= 11 is 0. The molecule has 2 fully saturated rings. The van der Waals surface area contributed by atoms with Crippen molar-refractivity contribution in [1.82, 2.24) is 14.6 Å². The second kappa shape index (κ2) is 4.41. The zero-order valence-electron chi connectivity index (χ0n) is 13.3. The fourth-order valence-electron chi connectivity index (χ4n) is 3.63. The lowest BCUT2D eigenvalue weighted by atomic mass is 9.86. The molecule has 0 spiro atoms. The summed E-state index contributed by atoms with van der Waals surface area (Å²) in [6.45, 7) is 5.62.